The second kappa shape index (κ2) is 12.2. The zero-order chi connectivity index (χ0) is 27.3. The third-order valence-corrected chi connectivity index (χ3v) is 7.04. The van der Waals surface area contributed by atoms with Gasteiger partial charge in [-0.05, 0) is 88.5 Å². The summed E-state index contributed by atoms with van der Waals surface area (Å²) in [6.45, 7) is 8.97. The maximum atomic E-state index is 14.2. The second-order valence-electron chi connectivity index (χ2n) is 11.2. The average molecular weight is 525 g/mol. The Morgan fingerprint density at radius 3 is 2.29 bits per heavy atom. The smallest absolute Gasteiger partial charge is 0.332 e. The molecule has 1 saturated carbocycles. The Labute approximate surface area is 224 Å². The van der Waals surface area contributed by atoms with Gasteiger partial charge in [0.2, 0.25) is 0 Å². The van der Waals surface area contributed by atoms with Gasteiger partial charge in [0, 0.05) is 23.4 Å². The van der Waals surface area contributed by atoms with Gasteiger partial charge >= 0.3 is 5.97 Å². The molecule has 0 saturated heterocycles. The number of hydrogen-bond donors (Lipinski definition) is 0. The minimum Gasteiger partial charge on any atom is -0.458 e. The molecular formula is C31H38F2N2O3. The van der Waals surface area contributed by atoms with Crippen molar-refractivity contribution in [3.05, 3.63) is 65.9 Å². The Hall–Kier alpha value is -3.06. The number of rotatable bonds is 9. The first kappa shape index (κ1) is 28.0. The standard InChI is InChI=1S/C31H38F2N2O3/c1-5-27-29(23-9-7-6-8-10-23)30(24-15-16-25(32)26(33)17-24)34-35(27)18-21-11-13-22(14-12-21)19-37-20-28(36)38-31(2,3)4/h6-10,15-17,21-22H,5,11-14,18-20H2,1-4H3/t21-,22-. The predicted octanol–water partition coefficient (Wildman–Crippen LogP) is 7.22. The van der Waals surface area contributed by atoms with Gasteiger partial charge in [0.05, 0.1) is 6.61 Å². The van der Waals surface area contributed by atoms with Crippen molar-refractivity contribution in [3.63, 3.8) is 0 Å². The fraction of sp³-hybridized carbons (Fsp3) is 0.484. The van der Waals surface area contributed by atoms with Crippen molar-refractivity contribution in [1.29, 1.82) is 0 Å². The second-order valence-corrected chi connectivity index (χ2v) is 11.2. The van der Waals surface area contributed by atoms with E-state index in [-0.39, 0.29) is 12.6 Å². The number of ether oxygens (including phenoxy) is 2. The first-order valence-electron chi connectivity index (χ1n) is 13.5. The lowest BCUT2D eigenvalue weighted by Crippen LogP contribution is -2.28. The Bertz CT molecular complexity index is 1230. The van der Waals surface area contributed by atoms with Crippen molar-refractivity contribution in [2.75, 3.05) is 13.2 Å². The summed E-state index contributed by atoms with van der Waals surface area (Å²) in [6.07, 6.45) is 4.93. The van der Waals surface area contributed by atoms with Gasteiger partial charge in [0.25, 0.3) is 0 Å². The van der Waals surface area contributed by atoms with E-state index in [1.807, 2.05) is 51.1 Å². The Morgan fingerprint density at radius 2 is 1.66 bits per heavy atom. The molecule has 0 atom stereocenters. The Balaban J connectivity index is 1.45. The van der Waals surface area contributed by atoms with E-state index in [0.717, 1.165) is 61.5 Å². The molecule has 0 unspecified atom stereocenters. The van der Waals surface area contributed by atoms with Gasteiger partial charge in [-0.1, -0.05) is 37.3 Å². The molecule has 1 aromatic heterocycles. The summed E-state index contributed by atoms with van der Waals surface area (Å²) in [5.74, 6) is -1.18. The first-order chi connectivity index (χ1) is 18.1. The summed E-state index contributed by atoms with van der Waals surface area (Å²) in [4.78, 5) is 11.9. The van der Waals surface area contributed by atoms with Crippen molar-refractivity contribution >= 4 is 5.97 Å². The maximum absolute atomic E-state index is 14.2. The third-order valence-electron chi connectivity index (χ3n) is 7.04. The third kappa shape index (κ3) is 7.07. The number of nitrogens with zero attached hydrogens (tertiary/aromatic N) is 2. The summed E-state index contributed by atoms with van der Waals surface area (Å²) < 4.78 is 40.9. The van der Waals surface area contributed by atoms with Crippen LogP contribution in [-0.2, 0) is 27.2 Å². The highest BCUT2D eigenvalue weighted by Gasteiger charge is 2.26. The number of hydrogen-bond acceptors (Lipinski definition) is 4. The van der Waals surface area contributed by atoms with Crippen LogP contribution in [0.3, 0.4) is 0 Å². The number of carbonyl (C=O) groups is 1. The quantitative estimate of drug-likeness (QED) is 0.277. The van der Waals surface area contributed by atoms with Crippen molar-refractivity contribution in [2.24, 2.45) is 11.8 Å². The zero-order valence-electron chi connectivity index (χ0n) is 22.8. The Morgan fingerprint density at radius 1 is 0.974 bits per heavy atom. The zero-order valence-corrected chi connectivity index (χ0v) is 22.8. The number of esters is 1. The van der Waals surface area contributed by atoms with E-state index >= 15 is 0 Å². The molecule has 0 amide bonds. The number of carbonyl (C=O) groups excluding carboxylic acids is 1. The highest BCUT2D eigenvalue weighted by atomic mass is 19.2. The molecule has 0 radical (unpaired) electrons. The largest absolute Gasteiger partial charge is 0.458 e. The van der Waals surface area contributed by atoms with E-state index in [2.05, 4.69) is 11.6 Å². The first-order valence-corrected chi connectivity index (χ1v) is 13.5. The molecule has 7 heteroatoms. The van der Waals surface area contributed by atoms with Crippen molar-refractivity contribution in [3.8, 4) is 22.4 Å². The van der Waals surface area contributed by atoms with Crippen LogP contribution in [0.1, 0.15) is 59.1 Å². The molecule has 0 bridgehead atoms. The molecule has 2 aromatic carbocycles. The van der Waals surface area contributed by atoms with Crippen LogP contribution < -0.4 is 0 Å². The lowest BCUT2D eigenvalue weighted by atomic mass is 9.82. The van der Waals surface area contributed by atoms with Gasteiger partial charge in [-0.3, -0.25) is 4.68 Å². The van der Waals surface area contributed by atoms with Gasteiger partial charge < -0.3 is 9.47 Å². The van der Waals surface area contributed by atoms with E-state index in [9.17, 15) is 13.6 Å². The Kier molecular flexibility index (Phi) is 8.98. The van der Waals surface area contributed by atoms with Gasteiger partial charge in [-0.25, -0.2) is 13.6 Å². The van der Waals surface area contributed by atoms with Gasteiger partial charge in [0.15, 0.2) is 11.6 Å². The molecule has 5 nitrogen and oxygen atoms in total. The minimum absolute atomic E-state index is 0.0145. The molecule has 1 fully saturated rings. The maximum Gasteiger partial charge on any atom is 0.332 e. The summed E-state index contributed by atoms with van der Waals surface area (Å²) in [7, 11) is 0. The van der Waals surface area contributed by atoms with E-state index in [1.54, 1.807) is 6.07 Å². The molecule has 204 valence electrons. The lowest BCUT2D eigenvalue weighted by Gasteiger charge is -2.28. The molecule has 0 N–H and O–H groups in total. The topological polar surface area (TPSA) is 53.4 Å². The molecule has 3 aromatic rings. The van der Waals surface area contributed by atoms with Gasteiger partial charge in [-0.2, -0.15) is 5.10 Å². The van der Waals surface area contributed by atoms with Crippen LogP contribution in [0.2, 0.25) is 0 Å². The fourth-order valence-corrected chi connectivity index (χ4v) is 5.27. The van der Waals surface area contributed by atoms with E-state index in [4.69, 9.17) is 14.6 Å². The predicted molar refractivity (Wildman–Crippen MR) is 145 cm³/mol. The van der Waals surface area contributed by atoms with Crippen molar-refractivity contribution in [2.45, 2.75) is 71.9 Å². The van der Waals surface area contributed by atoms with Crippen LogP contribution in [0.5, 0.6) is 0 Å². The molecule has 1 aliphatic rings. The summed E-state index contributed by atoms with van der Waals surface area (Å²) in [6, 6.07) is 14.0. The average Bonchev–Trinajstić information content (AvgIpc) is 3.24. The summed E-state index contributed by atoms with van der Waals surface area (Å²) in [5, 5.41) is 4.96. The normalized spacial score (nSPS) is 17.9. The van der Waals surface area contributed by atoms with Crippen molar-refractivity contribution in [1.82, 2.24) is 9.78 Å². The molecule has 0 spiro atoms. The summed E-state index contributed by atoms with van der Waals surface area (Å²) in [5.41, 5.74) is 3.83. The molecule has 0 aliphatic heterocycles. The van der Waals surface area contributed by atoms with E-state index in [0.29, 0.717) is 29.7 Å². The van der Waals surface area contributed by atoms with Crippen LogP contribution in [-0.4, -0.2) is 34.6 Å². The van der Waals surface area contributed by atoms with E-state index in [1.165, 1.54) is 6.07 Å². The highest BCUT2D eigenvalue weighted by molar-refractivity contribution is 5.82. The fourth-order valence-electron chi connectivity index (χ4n) is 5.27. The molecule has 1 aliphatic carbocycles. The number of aromatic nitrogens is 2. The number of benzene rings is 2. The van der Waals surface area contributed by atoms with Crippen LogP contribution in [0.15, 0.2) is 48.5 Å². The van der Waals surface area contributed by atoms with Gasteiger partial charge in [0.1, 0.15) is 17.9 Å². The van der Waals surface area contributed by atoms with Crippen LogP contribution in [0, 0.1) is 23.5 Å². The van der Waals surface area contributed by atoms with Crippen LogP contribution >= 0.6 is 0 Å². The SMILES string of the molecule is CCc1c(-c2ccccc2)c(-c2ccc(F)c(F)c2)nn1C[C@H]1CC[C@H](COCC(=O)OC(C)(C)C)CC1. The molecular weight excluding hydrogens is 486 g/mol. The van der Waals surface area contributed by atoms with Crippen LogP contribution in [0.25, 0.3) is 22.4 Å². The number of halogens is 2. The highest BCUT2D eigenvalue weighted by Crippen LogP contribution is 2.37. The molecule has 1 heterocycles. The molecule has 38 heavy (non-hydrogen) atoms. The lowest BCUT2D eigenvalue weighted by molar-refractivity contribution is -0.160. The van der Waals surface area contributed by atoms with E-state index < -0.39 is 17.2 Å². The minimum atomic E-state index is -0.874. The van der Waals surface area contributed by atoms with Crippen molar-refractivity contribution < 1.29 is 23.0 Å². The summed E-state index contributed by atoms with van der Waals surface area (Å²) >= 11 is 0. The monoisotopic (exact) mass is 524 g/mol. The van der Waals surface area contributed by atoms with Crippen LogP contribution in [0.4, 0.5) is 8.78 Å². The molecule has 4 rings (SSSR count). The van der Waals surface area contributed by atoms with Gasteiger partial charge in [-0.15, -0.1) is 0 Å².